The van der Waals surface area contributed by atoms with Crippen molar-refractivity contribution in [1.29, 1.82) is 0 Å². The predicted octanol–water partition coefficient (Wildman–Crippen LogP) is 3.75. The van der Waals surface area contributed by atoms with Crippen molar-refractivity contribution in [2.24, 2.45) is 0 Å². The third-order valence-corrected chi connectivity index (χ3v) is 5.09. The monoisotopic (exact) mass is 396 g/mol. The summed E-state index contributed by atoms with van der Waals surface area (Å²) in [5.74, 6) is 0.203. The van der Waals surface area contributed by atoms with E-state index in [1.165, 1.54) is 0 Å². The molecule has 0 bridgehead atoms. The molecule has 142 valence electrons. The number of nitrogens with zero attached hydrogens (tertiary/aromatic N) is 3. The molecule has 1 aliphatic heterocycles. The van der Waals surface area contributed by atoms with Crippen molar-refractivity contribution < 1.29 is 14.1 Å². The van der Waals surface area contributed by atoms with E-state index in [9.17, 15) is 9.59 Å². The molecule has 4 rings (SSSR count). The van der Waals surface area contributed by atoms with Gasteiger partial charge in [0.25, 0.3) is 5.91 Å². The van der Waals surface area contributed by atoms with Crippen molar-refractivity contribution in [2.45, 2.75) is 25.4 Å². The van der Waals surface area contributed by atoms with E-state index in [1.807, 2.05) is 37.3 Å². The number of hydrogen-bond donors (Lipinski definition) is 1. The Morgan fingerprint density at radius 1 is 1.11 bits per heavy atom. The molecule has 1 aromatic heterocycles. The first-order chi connectivity index (χ1) is 13.5. The van der Waals surface area contributed by atoms with Crippen molar-refractivity contribution in [3.05, 3.63) is 71.1 Å². The summed E-state index contributed by atoms with van der Waals surface area (Å²) in [6.45, 7) is 1.76. The fraction of sp³-hybridized carbons (Fsp3) is 0.200. The zero-order chi connectivity index (χ0) is 19.7. The molecule has 2 heterocycles. The maximum Gasteiger partial charge on any atom is 0.325 e. The van der Waals surface area contributed by atoms with E-state index in [2.05, 4.69) is 15.5 Å². The molecular formula is C20H17ClN4O3. The van der Waals surface area contributed by atoms with E-state index in [0.717, 1.165) is 16.0 Å². The van der Waals surface area contributed by atoms with Crippen LogP contribution in [-0.4, -0.2) is 27.0 Å². The van der Waals surface area contributed by atoms with Crippen molar-refractivity contribution in [2.75, 3.05) is 0 Å². The van der Waals surface area contributed by atoms with Gasteiger partial charge in [0, 0.05) is 10.6 Å². The van der Waals surface area contributed by atoms with Gasteiger partial charge >= 0.3 is 6.03 Å². The number of urea groups is 1. The van der Waals surface area contributed by atoms with E-state index in [-0.39, 0.29) is 18.3 Å². The van der Waals surface area contributed by atoms with Crippen LogP contribution in [0.4, 0.5) is 4.79 Å². The Hall–Kier alpha value is -3.19. The highest BCUT2D eigenvalue weighted by Crippen LogP contribution is 2.33. The smallest absolute Gasteiger partial charge is 0.325 e. The van der Waals surface area contributed by atoms with Crippen LogP contribution in [0, 0.1) is 0 Å². The third-order valence-electron chi connectivity index (χ3n) is 4.84. The maximum absolute atomic E-state index is 13.1. The Bertz CT molecular complexity index is 1020. The summed E-state index contributed by atoms with van der Waals surface area (Å²) in [5.41, 5.74) is 0.381. The number of amides is 3. The molecule has 8 heteroatoms. The fourth-order valence-corrected chi connectivity index (χ4v) is 3.43. The van der Waals surface area contributed by atoms with E-state index < -0.39 is 11.6 Å². The minimum atomic E-state index is -1.09. The normalized spacial score (nSPS) is 19.1. The van der Waals surface area contributed by atoms with Gasteiger partial charge in [-0.1, -0.05) is 54.0 Å². The zero-order valence-electron chi connectivity index (χ0n) is 15.1. The Balaban J connectivity index is 1.58. The summed E-state index contributed by atoms with van der Waals surface area (Å²) in [6, 6.07) is 15.7. The summed E-state index contributed by atoms with van der Waals surface area (Å²) in [6.07, 6.45) is 0.429. The summed E-state index contributed by atoms with van der Waals surface area (Å²) >= 11 is 5.89. The number of carbonyl (C=O) groups excluding carboxylic acids is 2. The molecule has 0 saturated carbocycles. The molecule has 3 amide bonds. The van der Waals surface area contributed by atoms with Crippen LogP contribution < -0.4 is 5.32 Å². The summed E-state index contributed by atoms with van der Waals surface area (Å²) in [5, 5.41) is 7.36. The first kappa shape index (κ1) is 18.2. The van der Waals surface area contributed by atoms with Crippen LogP contribution in [0.2, 0.25) is 5.02 Å². The fourth-order valence-electron chi connectivity index (χ4n) is 3.30. The number of aromatic nitrogens is 2. The van der Waals surface area contributed by atoms with E-state index in [0.29, 0.717) is 17.3 Å². The average molecular weight is 397 g/mol. The van der Waals surface area contributed by atoms with Gasteiger partial charge in [-0.15, -0.1) is 0 Å². The molecule has 2 aromatic carbocycles. The SMILES string of the molecule is CCC1(c2ccccc2)NC(=O)N(Cc2nc(-c3ccc(Cl)cc3)no2)C1=O. The number of hydrogen-bond acceptors (Lipinski definition) is 5. The molecule has 1 fully saturated rings. The lowest BCUT2D eigenvalue weighted by Gasteiger charge is -2.25. The molecule has 1 atom stereocenters. The zero-order valence-corrected chi connectivity index (χ0v) is 15.8. The van der Waals surface area contributed by atoms with Gasteiger partial charge in [0.15, 0.2) is 0 Å². The highest BCUT2D eigenvalue weighted by atomic mass is 35.5. The molecule has 1 unspecified atom stereocenters. The first-order valence-electron chi connectivity index (χ1n) is 8.81. The lowest BCUT2D eigenvalue weighted by atomic mass is 9.87. The van der Waals surface area contributed by atoms with Crippen LogP contribution in [0.3, 0.4) is 0 Å². The van der Waals surface area contributed by atoms with Crippen molar-refractivity contribution in [3.63, 3.8) is 0 Å². The molecule has 1 N–H and O–H groups in total. The van der Waals surface area contributed by atoms with E-state index in [1.54, 1.807) is 24.3 Å². The van der Waals surface area contributed by atoms with Gasteiger partial charge in [0.1, 0.15) is 12.1 Å². The van der Waals surface area contributed by atoms with Gasteiger partial charge in [-0.05, 0) is 36.2 Å². The van der Waals surface area contributed by atoms with Gasteiger partial charge in [0.2, 0.25) is 11.7 Å². The molecule has 28 heavy (non-hydrogen) atoms. The minimum absolute atomic E-state index is 0.0974. The number of carbonyl (C=O) groups is 2. The van der Waals surface area contributed by atoms with Crippen LogP contribution in [-0.2, 0) is 16.9 Å². The lowest BCUT2D eigenvalue weighted by molar-refractivity contribution is -0.132. The van der Waals surface area contributed by atoms with Gasteiger partial charge in [0.05, 0.1) is 0 Å². The Morgan fingerprint density at radius 2 is 1.82 bits per heavy atom. The summed E-state index contributed by atoms with van der Waals surface area (Å²) < 4.78 is 5.25. The molecule has 3 aromatic rings. The van der Waals surface area contributed by atoms with Gasteiger partial charge in [-0.25, -0.2) is 4.79 Å². The second-order valence-electron chi connectivity index (χ2n) is 6.46. The highest BCUT2D eigenvalue weighted by molar-refractivity contribution is 6.30. The molecule has 0 aliphatic carbocycles. The molecular weight excluding hydrogens is 380 g/mol. The van der Waals surface area contributed by atoms with Crippen molar-refractivity contribution in [1.82, 2.24) is 20.4 Å². The van der Waals surface area contributed by atoms with Gasteiger partial charge < -0.3 is 9.84 Å². The molecule has 1 saturated heterocycles. The van der Waals surface area contributed by atoms with Crippen LogP contribution in [0.5, 0.6) is 0 Å². The largest absolute Gasteiger partial charge is 0.337 e. The van der Waals surface area contributed by atoms with E-state index >= 15 is 0 Å². The second kappa shape index (κ2) is 7.09. The number of imide groups is 1. The average Bonchev–Trinajstić information content (AvgIpc) is 3.28. The van der Waals surface area contributed by atoms with Crippen LogP contribution in [0.25, 0.3) is 11.4 Å². The highest BCUT2D eigenvalue weighted by Gasteiger charge is 2.51. The Morgan fingerprint density at radius 3 is 2.50 bits per heavy atom. The van der Waals surface area contributed by atoms with Crippen LogP contribution in [0.15, 0.2) is 59.1 Å². The Kier molecular flexibility index (Phi) is 4.60. The number of benzene rings is 2. The number of rotatable bonds is 5. The topological polar surface area (TPSA) is 88.3 Å². The quantitative estimate of drug-likeness (QED) is 0.663. The molecule has 7 nitrogen and oxygen atoms in total. The lowest BCUT2D eigenvalue weighted by Crippen LogP contribution is -2.43. The predicted molar refractivity (Wildman–Crippen MR) is 102 cm³/mol. The van der Waals surface area contributed by atoms with Crippen LogP contribution >= 0.6 is 11.6 Å². The molecule has 0 spiro atoms. The van der Waals surface area contributed by atoms with Crippen LogP contribution in [0.1, 0.15) is 24.8 Å². The standard InChI is InChI=1S/C20H17ClN4O3/c1-2-20(14-6-4-3-5-7-14)18(26)25(19(27)23-20)12-16-22-17(24-28-16)13-8-10-15(21)11-9-13/h3-11H,2,12H2,1H3,(H,23,27). The van der Waals surface area contributed by atoms with Gasteiger partial charge in [-0.2, -0.15) is 4.98 Å². The summed E-state index contributed by atoms with van der Waals surface area (Å²) in [7, 11) is 0. The molecule has 1 aliphatic rings. The first-order valence-corrected chi connectivity index (χ1v) is 9.19. The maximum atomic E-state index is 13.1. The summed E-state index contributed by atoms with van der Waals surface area (Å²) in [4.78, 5) is 31.1. The second-order valence-corrected chi connectivity index (χ2v) is 6.90. The van der Waals surface area contributed by atoms with Crippen molar-refractivity contribution in [3.8, 4) is 11.4 Å². The van der Waals surface area contributed by atoms with Gasteiger partial charge in [-0.3, -0.25) is 9.69 Å². The number of nitrogens with one attached hydrogen (secondary N) is 1. The Labute approximate surface area is 166 Å². The number of halogens is 1. The van der Waals surface area contributed by atoms with E-state index in [4.69, 9.17) is 16.1 Å². The minimum Gasteiger partial charge on any atom is -0.337 e. The molecule has 0 radical (unpaired) electrons. The third kappa shape index (κ3) is 3.03. The van der Waals surface area contributed by atoms with Crippen molar-refractivity contribution >= 4 is 23.5 Å².